The van der Waals surface area contributed by atoms with Gasteiger partial charge in [-0.25, -0.2) is 27.0 Å². The van der Waals surface area contributed by atoms with Gasteiger partial charge in [0.25, 0.3) is 5.91 Å². The predicted octanol–water partition coefficient (Wildman–Crippen LogP) is 6.39. The van der Waals surface area contributed by atoms with E-state index in [2.05, 4.69) is 26.8 Å². The monoisotopic (exact) mass is 714 g/mol. The van der Waals surface area contributed by atoms with Crippen molar-refractivity contribution >= 4 is 57.3 Å². The number of carbonyl (C=O) groups is 2. The van der Waals surface area contributed by atoms with E-state index < -0.39 is 39.2 Å². The number of carbonyl (C=O) groups excluding carboxylic acids is 2. The first-order valence-electron chi connectivity index (χ1n) is 14.8. The van der Waals surface area contributed by atoms with Crippen molar-refractivity contribution in [3.8, 4) is 11.6 Å². The Morgan fingerprint density at radius 3 is 2.43 bits per heavy atom. The normalized spacial score (nSPS) is 13.8. The van der Waals surface area contributed by atoms with Crippen molar-refractivity contribution < 1.29 is 31.5 Å². The van der Waals surface area contributed by atoms with Gasteiger partial charge < -0.3 is 20.7 Å². The van der Waals surface area contributed by atoms with Crippen LogP contribution in [-0.2, 0) is 16.6 Å². The van der Waals surface area contributed by atoms with Gasteiger partial charge in [-0.2, -0.15) is 0 Å². The van der Waals surface area contributed by atoms with Crippen molar-refractivity contribution in [2.45, 2.75) is 51.6 Å². The van der Waals surface area contributed by atoms with Gasteiger partial charge in [0, 0.05) is 50.6 Å². The zero-order valence-electron chi connectivity index (χ0n) is 26.0. The average molecular weight is 716 g/mol. The molecule has 4 N–H and O–H groups in total. The summed E-state index contributed by atoms with van der Waals surface area (Å²) in [5, 5.41) is 2.73. The molecular formula is C31H38Cl2F2N6O5S. The number of likely N-dealkylation sites (tertiary alicyclic amines) is 1. The summed E-state index contributed by atoms with van der Waals surface area (Å²) in [4.78, 5) is 33.2. The lowest BCUT2D eigenvalue weighted by Crippen LogP contribution is -2.49. The molecule has 2 aromatic carbocycles. The highest BCUT2D eigenvalue weighted by atomic mass is 35.5. The summed E-state index contributed by atoms with van der Waals surface area (Å²) in [6.45, 7) is 4.58. The Hall–Kier alpha value is -3.72. The molecule has 0 radical (unpaired) electrons. The number of hydrogen-bond donors (Lipinski definition) is 3. The first-order valence-corrected chi connectivity index (χ1v) is 17.1. The van der Waals surface area contributed by atoms with E-state index in [1.807, 2.05) is 6.07 Å². The highest BCUT2D eigenvalue weighted by molar-refractivity contribution is 7.92. The number of benzene rings is 2. The summed E-state index contributed by atoms with van der Waals surface area (Å²) in [6.07, 6.45) is 6.79. The number of aromatic nitrogens is 1. The molecule has 3 amide bonds. The number of nitrogens with zero attached hydrogens (tertiary/aromatic N) is 3. The van der Waals surface area contributed by atoms with Crippen LogP contribution in [0.15, 0.2) is 48.7 Å². The summed E-state index contributed by atoms with van der Waals surface area (Å²) in [7, 11) is -3.44. The number of anilines is 2. The average Bonchev–Trinajstić information content (AvgIpc) is 2.98. The Morgan fingerprint density at radius 2 is 1.83 bits per heavy atom. The second-order valence-corrected chi connectivity index (χ2v) is 13.3. The van der Waals surface area contributed by atoms with Crippen LogP contribution in [0.1, 0.15) is 54.9 Å². The van der Waals surface area contributed by atoms with E-state index in [9.17, 15) is 26.8 Å². The van der Waals surface area contributed by atoms with E-state index >= 15 is 0 Å². The van der Waals surface area contributed by atoms with Crippen molar-refractivity contribution in [2.75, 3.05) is 35.9 Å². The molecule has 0 bridgehead atoms. The number of piperidine rings is 1. The van der Waals surface area contributed by atoms with Crippen LogP contribution in [0.4, 0.5) is 25.0 Å². The van der Waals surface area contributed by atoms with E-state index in [-0.39, 0.29) is 29.2 Å². The van der Waals surface area contributed by atoms with Gasteiger partial charge in [-0.1, -0.05) is 37.4 Å². The SMILES string of the molecule is CCCCCN(C(=O)Nc1cc(C(N)=O)c(F)cc1F)C1CCN(Cc2ccc(Oc3ccc(NS(C)(=O)=O)cc3Cl)nc2)CC1.Cl. The number of pyridine rings is 1. The molecule has 16 heteroatoms. The fourth-order valence-electron chi connectivity index (χ4n) is 5.19. The molecule has 1 aliphatic heterocycles. The number of rotatable bonds is 13. The summed E-state index contributed by atoms with van der Waals surface area (Å²) in [5.74, 6) is -2.49. The van der Waals surface area contributed by atoms with E-state index in [0.29, 0.717) is 62.4 Å². The van der Waals surface area contributed by atoms with E-state index in [0.717, 1.165) is 37.1 Å². The predicted molar refractivity (Wildman–Crippen MR) is 180 cm³/mol. The summed E-state index contributed by atoms with van der Waals surface area (Å²) in [5.41, 5.74) is 5.66. The second kappa shape index (κ2) is 16.9. The van der Waals surface area contributed by atoms with Gasteiger partial charge in [-0.15, -0.1) is 12.4 Å². The van der Waals surface area contributed by atoms with Gasteiger partial charge in [0.2, 0.25) is 15.9 Å². The smallest absolute Gasteiger partial charge is 0.322 e. The number of amides is 3. The van der Waals surface area contributed by atoms with Crippen LogP contribution in [0.2, 0.25) is 5.02 Å². The van der Waals surface area contributed by atoms with Crippen LogP contribution >= 0.6 is 24.0 Å². The Balaban J connectivity index is 0.00000600. The Labute approximate surface area is 284 Å². The number of sulfonamides is 1. The fourth-order valence-corrected chi connectivity index (χ4v) is 5.96. The number of unbranched alkanes of at least 4 members (excludes halogenated alkanes) is 2. The molecule has 0 atom stereocenters. The lowest BCUT2D eigenvalue weighted by Gasteiger charge is -2.38. The number of primary amides is 1. The molecule has 1 fully saturated rings. The van der Waals surface area contributed by atoms with Crippen molar-refractivity contribution in [2.24, 2.45) is 5.73 Å². The first kappa shape index (κ1) is 37.7. The highest BCUT2D eigenvalue weighted by Crippen LogP contribution is 2.31. The van der Waals surface area contributed by atoms with Gasteiger partial charge in [0.15, 0.2) is 0 Å². The Kier molecular flexibility index (Phi) is 13.6. The van der Waals surface area contributed by atoms with Crippen molar-refractivity contribution in [3.63, 3.8) is 0 Å². The molecule has 4 rings (SSSR count). The summed E-state index contributed by atoms with van der Waals surface area (Å²) in [6, 6.07) is 9.00. The first-order chi connectivity index (χ1) is 21.8. The number of halogens is 4. The van der Waals surface area contributed by atoms with Crippen LogP contribution in [0.3, 0.4) is 0 Å². The maximum Gasteiger partial charge on any atom is 0.322 e. The Bertz CT molecular complexity index is 1660. The van der Waals surface area contributed by atoms with Crippen molar-refractivity contribution in [1.82, 2.24) is 14.8 Å². The molecule has 1 aromatic heterocycles. The van der Waals surface area contributed by atoms with Crippen LogP contribution in [0.5, 0.6) is 11.6 Å². The van der Waals surface area contributed by atoms with Crippen LogP contribution in [0, 0.1) is 11.6 Å². The van der Waals surface area contributed by atoms with Crippen LogP contribution in [0.25, 0.3) is 0 Å². The van der Waals surface area contributed by atoms with Crippen molar-refractivity contribution in [3.05, 3.63) is 76.4 Å². The van der Waals surface area contributed by atoms with E-state index in [4.69, 9.17) is 22.1 Å². The molecular weight excluding hydrogens is 677 g/mol. The van der Waals surface area contributed by atoms with Gasteiger partial charge in [-0.3, -0.25) is 14.4 Å². The Morgan fingerprint density at radius 1 is 1.11 bits per heavy atom. The minimum absolute atomic E-state index is 0. The highest BCUT2D eigenvalue weighted by Gasteiger charge is 2.29. The number of hydrogen-bond acceptors (Lipinski definition) is 7. The molecule has 0 unspecified atom stereocenters. The maximum absolute atomic E-state index is 14.5. The standard InChI is InChI=1S/C31H37ClF2N6O5S.ClH/c1-3-4-5-12-40(31(42)37-27-16-23(30(35)41)25(33)17-26(27)34)22-10-13-39(14-11-22)19-20-6-9-29(36-18-20)45-28-8-7-21(15-24(28)32)38-46(2,43)44;/h6-9,15-18,22,38H,3-5,10-14,19H2,1-2H3,(H2,35,41)(H,37,42);1H. The number of ether oxygens (including phenoxy) is 1. The molecule has 47 heavy (non-hydrogen) atoms. The lowest BCUT2D eigenvalue weighted by molar-refractivity contribution is 0.0996. The topological polar surface area (TPSA) is 147 Å². The molecule has 11 nitrogen and oxygen atoms in total. The van der Waals surface area contributed by atoms with Crippen LogP contribution < -0.4 is 20.5 Å². The molecule has 256 valence electrons. The lowest BCUT2D eigenvalue weighted by atomic mass is 10.0. The third-order valence-corrected chi connectivity index (χ3v) is 8.38. The third kappa shape index (κ3) is 10.9. The number of urea groups is 1. The summed E-state index contributed by atoms with van der Waals surface area (Å²) >= 11 is 6.26. The zero-order valence-corrected chi connectivity index (χ0v) is 28.4. The third-order valence-electron chi connectivity index (χ3n) is 7.48. The molecule has 3 aromatic rings. The molecule has 0 saturated carbocycles. The summed E-state index contributed by atoms with van der Waals surface area (Å²) < 4.78 is 59.4. The van der Waals surface area contributed by atoms with Gasteiger partial charge in [0.05, 0.1) is 28.2 Å². The molecule has 2 heterocycles. The molecule has 1 aliphatic rings. The van der Waals surface area contributed by atoms with Gasteiger partial charge in [-0.05, 0) is 49.1 Å². The quantitative estimate of drug-likeness (QED) is 0.174. The number of nitrogens with one attached hydrogen (secondary N) is 2. The second-order valence-electron chi connectivity index (χ2n) is 11.1. The molecule has 1 saturated heterocycles. The number of nitrogens with two attached hydrogens (primary N) is 1. The minimum Gasteiger partial charge on any atom is -0.437 e. The molecule has 0 aliphatic carbocycles. The van der Waals surface area contributed by atoms with Crippen molar-refractivity contribution in [1.29, 1.82) is 0 Å². The van der Waals surface area contributed by atoms with Gasteiger partial charge in [0.1, 0.15) is 17.4 Å². The van der Waals surface area contributed by atoms with E-state index in [1.165, 1.54) is 12.1 Å². The van der Waals surface area contributed by atoms with Crippen LogP contribution in [-0.4, -0.2) is 67.1 Å². The zero-order chi connectivity index (χ0) is 33.4. The maximum atomic E-state index is 14.5. The fraction of sp³-hybridized carbons (Fsp3) is 0.387. The van der Waals surface area contributed by atoms with E-state index in [1.54, 1.807) is 23.2 Å². The molecule has 0 spiro atoms. The van der Waals surface area contributed by atoms with Gasteiger partial charge >= 0.3 is 6.03 Å². The minimum atomic E-state index is -3.44. The largest absolute Gasteiger partial charge is 0.437 e.